The molecule has 0 bridgehead atoms. The Labute approximate surface area is 94.0 Å². The zero-order valence-electron chi connectivity index (χ0n) is 9.23. The minimum absolute atomic E-state index is 0.0473. The van der Waals surface area contributed by atoms with E-state index in [2.05, 4.69) is 5.32 Å². The summed E-state index contributed by atoms with van der Waals surface area (Å²) >= 11 is 0. The van der Waals surface area contributed by atoms with E-state index in [9.17, 15) is 9.59 Å². The molecule has 0 aliphatic rings. The molecule has 1 unspecified atom stereocenters. The number of nitrogens with one attached hydrogen (secondary N) is 1. The van der Waals surface area contributed by atoms with Crippen LogP contribution in [-0.4, -0.2) is 17.7 Å². The van der Waals surface area contributed by atoms with Crippen LogP contribution in [0.4, 0.5) is 0 Å². The quantitative estimate of drug-likeness (QED) is 0.710. The van der Waals surface area contributed by atoms with E-state index in [1.165, 1.54) is 6.92 Å². The van der Waals surface area contributed by atoms with Gasteiger partial charge in [0.05, 0.1) is 18.8 Å². The Morgan fingerprint density at radius 1 is 1.56 bits per heavy atom. The summed E-state index contributed by atoms with van der Waals surface area (Å²) in [5.41, 5.74) is 5.22. The average molecular weight is 224 g/mol. The van der Waals surface area contributed by atoms with Gasteiger partial charge in [-0.15, -0.1) is 0 Å². The lowest BCUT2D eigenvalue weighted by Crippen LogP contribution is -2.41. The van der Waals surface area contributed by atoms with E-state index in [1.54, 1.807) is 18.4 Å². The molecule has 0 aliphatic carbocycles. The summed E-state index contributed by atoms with van der Waals surface area (Å²) in [6.45, 7) is 1.92. The molecule has 0 aliphatic heterocycles. The van der Waals surface area contributed by atoms with Crippen LogP contribution in [0.2, 0.25) is 0 Å². The van der Waals surface area contributed by atoms with Gasteiger partial charge >= 0.3 is 0 Å². The maximum Gasteiger partial charge on any atom is 0.234 e. The van der Waals surface area contributed by atoms with Crippen molar-refractivity contribution in [1.29, 1.82) is 0 Å². The first kappa shape index (κ1) is 12.4. The molecule has 1 aromatic heterocycles. The van der Waals surface area contributed by atoms with Gasteiger partial charge in [0.2, 0.25) is 5.91 Å². The first-order chi connectivity index (χ1) is 7.59. The fourth-order valence-electron chi connectivity index (χ4n) is 1.33. The maximum atomic E-state index is 11.1. The molecule has 0 saturated heterocycles. The van der Waals surface area contributed by atoms with E-state index in [-0.39, 0.29) is 5.78 Å². The number of ketones is 1. The monoisotopic (exact) mass is 224 g/mol. The highest BCUT2D eigenvalue weighted by Crippen LogP contribution is 2.02. The molecule has 5 heteroatoms. The molecule has 0 spiro atoms. The van der Waals surface area contributed by atoms with Gasteiger partial charge in [-0.05, 0) is 25.5 Å². The lowest BCUT2D eigenvalue weighted by atomic mass is 10.1. The number of primary amides is 1. The highest BCUT2D eigenvalue weighted by atomic mass is 16.3. The van der Waals surface area contributed by atoms with Crippen molar-refractivity contribution in [3.8, 4) is 0 Å². The van der Waals surface area contributed by atoms with Crippen molar-refractivity contribution >= 4 is 11.7 Å². The van der Waals surface area contributed by atoms with Crippen molar-refractivity contribution in [1.82, 2.24) is 5.32 Å². The van der Waals surface area contributed by atoms with Crippen molar-refractivity contribution in [3.05, 3.63) is 24.2 Å². The second-order valence-corrected chi connectivity index (χ2v) is 3.66. The SMILES string of the molecule is CC(=O)CCC(NCc1ccco1)C(N)=O. The molecule has 0 radical (unpaired) electrons. The molecular formula is C11H16N2O3. The molecule has 1 heterocycles. The Hall–Kier alpha value is -1.62. The van der Waals surface area contributed by atoms with Gasteiger partial charge in [0, 0.05) is 6.42 Å². The summed E-state index contributed by atoms with van der Waals surface area (Å²) in [6.07, 6.45) is 2.33. The molecule has 1 rings (SSSR count). The first-order valence-corrected chi connectivity index (χ1v) is 5.14. The molecule has 3 N–H and O–H groups in total. The minimum Gasteiger partial charge on any atom is -0.468 e. The molecule has 16 heavy (non-hydrogen) atoms. The predicted molar refractivity (Wildman–Crippen MR) is 58.4 cm³/mol. The zero-order chi connectivity index (χ0) is 12.0. The van der Waals surface area contributed by atoms with Crippen LogP contribution >= 0.6 is 0 Å². The molecule has 0 aromatic carbocycles. The molecule has 1 atom stereocenters. The van der Waals surface area contributed by atoms with E-state index >= 15 is 0 Å². The van der Waals surface area contributed by atoms with Gasteiger partial charge in [-0.2, -0.15) is 0 Å². The molecule has 1 amide bonds. The Morgan fingerprint density at radius 2 is 2.31 bits per heavy atom. The van der Waals surface area contributed by atoms with E-state index in [0.717, 1.165) is 5.76 Å². The van der Waals surface area contributed by atoms with Crippen LogP contribution < -0.4 is 11.1 Å². The van der Waals surface area contributed by atoms with Gasteiger partial charge in [-0.1, -0.05) is 0 Å². The van der Waals surface area contributed by atoms with Crippen LogP contribution in [0.1, 0.15) is 25.5 Å². The van der Waals surface area contributed by atoms with Crippen LogP contribution in [0.25, 0.3) is 0 Å². The number of Topliss-reactive ketones (excluding diaryl/α,β-unsaturated/α-hetero) is 1. The number of carbonyl (C=O) groups is 2. The summed E-state index contributed by atoms with van der Waals surface area (Å²) in [5, 5.41) is 2.96. The summed E-state index contributed by atoms with van der Waals surface area (Å²) in [7, 11) is 0. The van der Waals surface area contributed by atoms with Crippen LogP contribution in [0, 0.1) is 0 Å². The summed E-state index contributed by atoms with van der Waals surface area (Å²) in [5.74, 6) is 0.327. The number of furan rings is 1. The van der Waals surface area contributed by atoms with E-state index < -0.39 is 11.9 Å². The van der Waals surface area contributed by atoms with Gasteiger partial charge in [-0.3, -0.25) is 10.1 Å². The average Bonchev–Trinajstić information content (AvgIpc) is 2.69. The second-order valence-electron chi connectivity index (χ2n) is 3.66. The fourth-order valence-corrected chi connectivity index (χ4v) is 1.33. The number of hydrogen-bond acceptors (Lipinski definition) is 4. The molecule has 1 aromatic rings. The Balaban J connectivity index is 2.39. The third-order valence-electron chi connectivity index (χ3n) is 2.23. The third kappa shape index (κ3) is 4.27. The van der Waals surface area contributed by atoms with E-state index in [0.29, 0.717) is 19.4 Å². The van der Waals surface area contributed by atoms with Crippen LogP contribution in [0.15, 0.2) is 22.8 Å². The number of hydrogen-bond donors (Lipinski definition) is 2. The molecule has 88 valence electrons. The lowest BCUT2D eigenvalue weighted by Gasteiger charge is -2.13. The molecule has 5 nitrogen and oxygen atoms in total. The van der Waals surface area contributed by atoms with Gasteiger partial charge in [0.25, 0.3) is 0 Å². The standard InChI is InChI=1S/C11H16N2O3/c1-8(14)4-5-10(11(12)15)13-7-9-3-2-6-16-9/h2-3,6,10,13H,4-5,7H2,1H3,(H2,12,15). The Morgan fingerprint density at radius 3 is 2.81 bits per heavy atom. The van der Waals surface area contributed by atoms with Crippen molar-refractivity contribution in [3.63, 3.8) is 0 Å². The van der Waals surface area contributed by atoms with Crippen molar-refractivity contribution in [2.75, 3.05) is 0 Å². The minimum atomic E-state index is -0.492. The molecule has 0 fully saturated rings. The van der Waals surface area contributed by atoms with E-state index in [1.807, 2.05) is 0 Å². The number of carbonyl (C=O) groups excluding carboxylic acids is 2. The number of amides is 1. The largest absolute Gasteiger partial charge is 0.468 e. The summed E-state index contributed by atoms with van der Waals surface area (Å²) in [6, 6.07) is 3.08. The summed E-state index contributed by atoms with van der Waals surface area (Å²) < 4.78 is 5.11. The van der Waals surface area contributed by atoms with Gasteiger partial charge in [0.15, 0.2) is 0 Å². The highest BCUT2D eigenvalue weighted by Gasteiger charge is 2.15. The Kier molecular flexibility index (Phi) is 4.72. The summed E-state index contributed by atoms with van der Waals surface area (Å²) in [4.78, 5) is 21.9. The fraction of sp³-hybridized carbons (Fsp3) is 0.455. The highest BCUT2D eigenvalue weighted by molar-refractivity contribution is 5.81. The number of rotatable bonds is 7. The van der Waals surface area contributed by atoms with Gasteiger partial charge < -0.3 is 14.9 Å². The predicted octanol–water partition coefficient (Wildman–Crippen LogP) is 0.592. The normalized spacial score (nSPS) is 12.3. The van der Waals surface area contributed by atoms with Gasteiger partial charge in [-0.25, -0.2) is 0 Å². The second kappa shape index (κ2) is 6.07. The number of nitrogens with two attached hydrogens (primary N) is 1. The molecular weight excluding hydrogens is 208 g/mol. The van der Waals surface area contributed by atoms with Crippen LogP contribution in [0.3, 0.4) is 0 Å². The topological polar surface area (TPSA) is 85.3 Å². The van der Waals surface area contributed by atoms with Crippen molar-refractivity contribution in [2.45, 2.75) is 32.4 Å². The first-order valence-electron chi connectivity index (χ1n) is 5.14. The third-order valence-corrected chi connectivity index (χ3v) is 2.23. The maximum absolute atomic E-state index is 11.1. The van der Waals surface area contributed by atoms with Crippen molar-refractivity contribution in [2.24, 2.45) is 5.73 Å². The van der Waals surface area contributed by atoms with Crippen LogP contribution in [0.5, 0.6) is 0 Å². The zero-order valence-corrected chi connectivity index (χ0v) is 9.23. The Bertz CT molecular complexity index is 346. The molecule has 0 saturated carbocycles. The smallest absolute Gasteiger partial charge is 0.234 e. The van der Waals surface area contributed by atoms with Crippen molar-refractivity contribution < 1.29 is 14.0 Å². The lowest BCUT2D eigenvalue weighted by molar-refractivity contribution is -0.120. The van der Waals surface area contributed by atoms with Gasteiger partial charge in [0.1, 0.15) is 11.5 Å². The van der Waals surface area contributed by atoms with Crippen LogP contribution in [-0.2, 0) is 16.1 Å². The van der Waals surface area contributed by atoms with E-state index in [4.69, 9.17) is 10.2 Å².